The van der Waals surface area contributed by atoms with Crippen molar-refractivity contribution in [1.29, 1.82) is 0 Å². The molecule has 0 saturated heterocycles. The van der Waals surface area contributed by atoms with Crippen LogP contribution < -0.4 is 10.6 Å². The molecule has 0 radical (unpaired) electrons. The number of nitrogens with zero attached hydrogens (tertiary/aromatic N) is 2. The highest BCUT2D eigenvalue weighted by molar-refractivity contribution is 7.99. The van der Waals surface area contributed by atoms with Crippen LogP contribution in [0, 0.1) is 17.8 Å². The van der Waals surface area contributed by atoms with E-state index in [4.69, 9.17) is 4.42 Å². The van der Waals surface area contributed by atoms with E-state index in [2.05, 4.69) is 20.8 Å². The number of hydrogen-bond acceptors (Lipinski definition) is 6. The highest BCUT2D eigenvalue weighted by Gasteiger charge is 2.54. The maximum atomic E-state index is 11.6. The van der Waals surface area contributed by atoms with Gasteiger partial charge < -0.3 is 9.73 Å². The number of amides is 3. The highest BCUT2D eigenvalue weighted by Crippen LogP contribution is 2.60. The second-order valence-electron chi connectivity index (χ2n) is 7.49. The Kier molecular flexibility index (Phi) is 4.02. The van der Waals surface area contributed by atoms with E-state index in [1.54, 1.807) is 0 Å². The third-order valence-corrected chi connectivity index (χ3v) is 6.52. The van der Waals surface area contributed by atoms with Crippen LogP contribution in [0.4, 0.5) is 4.79 Å². The van der Waals surface area contributed by atoms with Gasteiger partial charge in [0.2, 0.25) is 11.8 Å². The van der Waals surface area contributed by atoms with Crippen molar-refractivity contribution in [3.8, 4) is 0 Å². The second-order valence-corrected chi connectivity index (χ2v) is 8.41. The molecule has 8 heteroatoms. The Balaban J connectivity index is 1.40. The maximum absolute atomic E-state index is 11.6. The molecule has 3 amide bonds. The minimum Gasteiger partial charge on any atom is -0.415 e. The molecule has 4 fully saturated rings. The number of carbonyl (C=O) groups excluding carboxylic acids is 2. The zero-order valence-electron chi connectivity index (χ0n) is 13.7. The number of nitrogens with one attached hydrogen (secondary N) is 2. The lowest BCUT2D eigenvalue weighted by atomic mass is 9.49. The lowest BCUT2D eigenvalue weighted by molar-refractivity contribution is -0.117. The summed E-state index contributed by atoms with van der Waals surface area (Å²) >= 11 is 1.17. The monoisotopic (exact) mass is 350 g/mol. The molecule has 0 aliphatic heterocycles. The summed E-state index contributed by atoms with van der Waals surface area (Å²) in [6, 6.07) is -0.514. The van der Waals surface area contributed by atoms with E-state index in [0.717, 1.165) is 23.6 Å². The Labute approximate surface area is 144 Å². The highest BCUT2D eigenvalue weighted by atomic mass is 32.2. The zero-order valence-corrected chi connectivity index (χ0v) is 14.5. The minimum atomic E-state index is -0.514. The summed E-state index contributed by atoms with van der Waals surface area (Å²) in [7, 11) is 1.46. The number of rotatable bonds is 4. The van der Waals surface area contributed by atoms with Crippen molar-refractivity contribution in [2.75, 3.05) is 12.8 Å². The third kappa shape index (κ3) is 2.92. The number of urea groups is 1. The first-order chi connectivity index (χ1) is 11.6. The number of thioether (sulfide) groups is 1. The van der Waals surface area contributed by atoms with E-state index in [1.807, 2.05) is 0 Å². The fourth-order valence-corrected chi connectivity index (χ4v) is 5.77. The first kappa shape index (κ1) is 15.9. The van der Waals surface area contributed by atoms with Gasteiger partial charge in [-0.05, 0) is 56.3 Å². The molecule has 130 valence electrons. The van der Waals surface area contributed by atoms with Crippen molar-refractivity contribution in [3.05, 3.63) is 5.89 Å². The number of aromatic nitrogens is 2. The lowest BCUT2D eigenvalue weighted by Gasteiger charge is -2.55. The molecule has 1 heterocycles. The SMILES string of the molecule is CNC(=O)NC(=O)CSc1nnc(C23CC4CC(CC(C4)C2)C3)o1. The van der Waals surface area contributed by atoms with Gasteiger partial charge in [-0.1, -0.05) is 11.8 Å². The Morgan fingerprint density at radius 3 is 2.38 bits per heavy atom. The summed E-state index contributed by atoms with van der Waals surface area (Å²) in [4.78, 5) is 22.7. The summed E-state index contributed by atoms with van der Waals surface area (Å²) in [5.41, 5.74) is 0.0743. The largest absolute Gasteiger partial charge is 0.415 e. The van der Waals surface area contributed by atoms with E-state index in [0.29, 0.717) is 5.22 Å². The van der Waals surface area contributed by atoms with Gasteiger partial charge >= 0.3 is 6.03 Å². The average Bonchev–Trinajstić information content (AvgIpc) is 3.01. The fraction of sp³-hybridized carbons (Fsp3) is 0.750. The smallest absolute Gasteiger partial charge is 0.321 e. The molecule has 2 N–H and O–H groups in total. The third-order valence-electron chi connectivity index (χ3n) is 5.71. The molecule has 4 aliphatic rings. The Morgan fingerprint density at radius 1 is 1.17 bits per heavy atom. The summed E-state index contributed by atoms with van der Waals surface area (Å²) in [6.07, 6.45) is 7.62. The van der Waals surface area contributed by atoms with Gasteiger partial charge in [0.25, 0.3) is 5.22 Å². The zero-order chi connectivity index (χ0) is 16.7. The van der Waals surface area contributed by atoms with E-state index in [9.17, 15) is 9.59 Å². The Hall–Kier alpha value is -1.57. The van der Waals surface area contributed by atoms with Crippen LogP contribution in [0.15, 0.2) is 9.64 Å². The molecule has 5 rings (SSSR count). The van der Waals surface area contributed by atoms with Gasteiger partial charge in [0.15, 0.2) is 0 Å². The van der Waals surface area contributed by atoms with Crippen LogP contribution in [0.25, 0.3) is 0 Å². The molecule has 4 aliphatic carbocycles. The molecule has 7 nitrogen and oxygen atoms in total. The van der Waals surface area contributed by atoms with Gasteiger partial charge in [0.05, 0.1) is 5.75 Å². The van der Waals surface area contributed by atoms with Gasteiger partial charge in [-0.25, -0.2) is 4.79 Å². The number of carbonyl (C=O) groups is 2. The van der Waals surface area contributed by atoms with Gasteiger partial charge in [0, 0.05) is 12.5 Å². The van der Waals surface area contributed by atoms with Crippen LogP contribution >= 0.6 is 11.8 Å². The first-order valence-electron chi connectivity index (χ1n) is 8.54. The standard InChI is InChI=1S/C16H22N4O3S/c1-17-14(22)18-12(21)8-24-15-20-19-13(23-15)16-5-9-2-10(6-16)4-11(3-9)7-16/h9-11H,2-8H2,1H3,(H2,17,18,21,22). The Morgan fingerprint density at radius 2 is 1.79 bits per heavy atom. The summed E-state index contributed by atoms with van der Waals surface area (Å²) in [5, 5.41) is 13.4. The summed E-state index contributed by atoms with van der Waals surface area (Å²) in [5.74, 6) is 2.91. The number of imide groups is 1. The van der Waals surface area contributed by atoms with Gasteiger partial charge in [0.1, 0.15) is 0 Å². The van der Waals surface area contributed by atoms with Crippen molar-refractivity contribution in [1.82, 2.24) is 20.8 Å². The first-order valence-corrected chi connectivity index (χ1v) is 9.53. The topological polar surface area (TPSA) is 97.1 Å². The molecule has 4 saturated carbocycles. The van der Waals surface area contributed by atoms with Crippen LogP contribution in [0.3, 0.4) is 0 Å². The normalized spacial score (nSPS) is 33.5. The fourth-order valence-electron chi connectivity index (χ4n) is 5.21. The maximum Gasteiger partial charge on any atom is 0.321 e. The van der Waals surface area contributed by atoms with Gasteiger partial charge in [-0.15, -0.1) is 10.2 Å². The number of hydrogen-bond donors (Lipinski definition) is 2. The molecular weight excluding hydrogens is 328 g/mol. The van der Waals surface area contributed by atoms with E-state index < -0.39 is 6.03 Å². The lowest BCUT2D eigenvalue weighted by Crippen LogP contribution is -2.48. The summed E-state index contributed by atoms with van der Waals surface area (Å²) < 4.78 is 5.91. The van der Waals surface area contributed by atoms with Crippen LogP contribution in [-0.4, -0.2) is 34.9 Å². The van der Waals surface area contributed by atoms with E-state index >= 15 is 0 Å². The molecule has 24 heavy (non-hydrogen) atoms. The van der Waals surface area contributed by atoms with Gasteiger partial charge in [-0.3, -0.25) is 10.1 Å². The predicted octanol–water partition coefficient (Wildman–Crippen LogP) is 2.09. The quantitative estimate of drug-likeness (QED) is 0.807. The summed E-state index contributed by atoms with van der Waals surface area (Å²) in [6.45, 7) is 0. The van der Waals surface area contributed by atoms with Crippen molar-refractivity contribution < 1.29 is 14.0 Å². The van der Waals surface area contributed by atoms with Gasteiger partial charge in [-0.2, -0.15) is 0 Å². The Bertz CT molecular complexity index is 624. The van der Waals surface area contributed by atoms with Crippen molar-refractivity contribution in [2.24, 2.45) is 17.8 Å². The molecular formula is C16H22N4O3S. The average molecular weight is 350 g/mol. The molecule has 0 atom stereocenters. The molecule has 1 aromatic rings. The molecule has 0 unspecified atom stereocenters. The minimum absolute atomic E-state index is 0.0743. The van der Waals surface area contributed by atoms with Crippen molar-refractivity contribution in [2.45, 2.75) is 49.2 Å². The van der Waals surface area contributed by atoms with Crippen LogP contribution in [-0.2, 0) is 10.2 Å². The van der Waals surface area contributed by atoms with E-state index in [-0.39, 0.29) is 17.1 Å². The second kappa shape index (κ2) is 6.06. The van der Waals surface area contributed by atoms with Crippen molar-refractivity contribution >= 4 is 23.7 Å². The van der Waals surface area contributed by atoms with Crippen LogP contribution in [0.5, 0.6) is 0 Å². The molecule has 4 bridgehead atoms. The predicted molar refractivity (Wildman–Crippen MR) is 87.5 cm³/mol. The van der Waals surface area contributed by atoms with Crippen LogP contribution in [0.1, 0.15) is 44.4 Å². The molecule has 1 aromatic heterocycles. The molecule has 0 aromatic carbocycles. The molecule has 0 spiro atoms. The van der Waals surface area contributed by atoms with Crippen molar-refractivity contribution in [3.63, 3.8) is 0 Å². The van der Waals surface area contributed by atoms with E-state index in [1.165, 1.54) is 57.3 Å². The van der Waals surface area contributed by atoms with Crippen LogP contribution in [0.2, 0.25) is 0 Å².